The average Bonchev–Trinajstić information content (AvgIpc) is 2.51. The van der Waals surface area contributed by atoms with Gasteiger partial charge in [-0.2, -0.15) is 26.3 Å². The largest absolute Gasteiger partial charge is 0.433 e. The van der Waals surface area contributed by atoms with E-state index in [1.807, 2.05) is 13.8 Å². The summed E-state index contributed by atoms with van der Waals surface area (Å²) in [6.45, 7) is 3.73. The van der Waals surface area contributed by atoms with E-state index >= 15 is 0 Å². The minimum Gasteiger partial charge on any atom is -0.327 e. The highest BCUT2D eigenvalue weighted by atomic mass is 19.4. The quantitative estimate of drug-likeness (QED) is 0.759. The summed E-state index contributed by atoms with van der Waals surface area (Å²) in [7, 11) is 0. The van der Waals surface area contributed by atoms with Gasteiger partial charge in [0.05, 0.1) is 11.1 Å². The number of nitrogens with zero attached hydrogens (tertiary/aromatic N) is 1. The summed E-state index contributed by atoms with van der Waals surface area (Å²) in [4.78, 5) is 3.26. The van der Waals surface area contributed by atoms with Crippen LogP contribution in [0.2, 0.25) is 0 Å². The molecular formula is C17H18F6N2. The first-order valence-electron chi connectivity index (χ1n) is 7.77. The van der Waals surface area contributed by atoms with Crippen LogP contribution in [0.3, 0.4) is 0 Å². The zero-order chi connectivity index (χ0) is 19.0. The van der Waals surface area contributed by atoms with E-state index < -0.39 is 35.2 Å². The summed E-state index contributed by atoms with van der Waals surface area (Å²) in [5.41, 5.74) is 2.90. The standard InChI is InChI=1S/C17H18F6N2/c1-3-9(2)13(24)7-10-8-14(17(21,22)23)25-15-11(10)5-4-6-12(15)16(18,19)20/h4-6,8-9,13H,3,7,24H2,1-2H3/t9-,13?/m0/s1. The van der Waals surface area contributed by atoms with Gasteiger partial charge < -0.3 is 5.73 Å². The van der Waals surface area contributed by atoms with E-state index in [2.05, 4.69) is 4.98 Å². The van der Waals surface area contributed by atoms with Gasteiger partial charge in [0, 0.05) is 11.4 Å². The minimum atomic E-state index is -4.85. The van der Waals surface area contributed by atoms with Gasteiger partial charge in [0.25, 0.3) is 0 Å². The predicted octanol–water partition coefficient (Wildman–Crippen LogP) is 5.19. The lowest BCUT2D eigenvalue weighted by atomic mass is 9.91. The smallest absolute Gasteiger partial charge is 0.327 e. The van der Waals surface area contributed by atoms with Crippen LogP contribution in [-0.2, 0) is 18.8 Å². The third-order valence-corrected chi connectivity index (χ3v) is 4.35. The average molecular weight is 364 g/mol. The molecule has 0 amide bonds. The number of fused-ring (bicyclic) bond motifs is 1. The van der Waals surface area contributed by atoms with Gasteiger partial charge in [-0.05, 0) is 30.0 Å². The Balaban J connectivity index is 2.71. The summed E-state index contributed by atoms with van der Waals surface area (Å²) in [6.07, 6.45) is -8.89. The molecule has 2 rings (SSSR count). The van der Waals surface area contributed by atoms with E-state index in [4.69, 9.17) is 5.73 Å². The van der Waals surface area contributed by atoms with Crippen LogP contribution in [0.1, 0.15) is 37.1 Å². The lowest BCUT2D eigenvalue weighted by molar-refractivity contribution is -0.142. The normalized spacial score (nSPS) is 15.4. The second-order valence-corrected chi connectivity index (χ2v) is 6.12. The molecule has 0 saturated carbocycles. The Morgan fingerprint density at radius 3 is 2.24 bits per heavy atom. The molecule has 0 fully saturated rings. The molecule has 2 atom stereocenters. The summed E-state index contributed by atoms with van der Waals surface area (Å²) in [6, 6.07) is 3.57. The third-order valence-electron chi connectivity index (χ3n) is 4.35. The van der Waals surface area contributed by atoms with Crippen molar-refractivity contribution in [3.63, 3.8) is 0 Å². The monoisotopic (exact) mass is 364 g/mol. The molecule has 0 radical (unpaired) electrons. The molecule has 0 bridgehead atoms. The van der Waals surface area contributed by atoms with Crippen molar-refractivity contribution >= 4 is 10.9 Å². The molecule has 2 aromatic rings. The number of pyridine rings is 1. The number of hydrogen-bond donors (Lipinski definition) is 1. The zero-order valence-electron chi connectivity index (χ0n) is 13.7. The molecule has 25 heavy (non-hydrogen) atoms. The van der Waals surface area contributed by atoms with Gasteiger partial charge in [0.2, 0.25) is 0 Å². The maximum absolute atomic E-state index is 13.2. The van der Waals surface area contributed by atoms with Crippen LogP contribution in [0.15, 0.2) is 24.3 Å². The molecule has 2 N–H and O–H groups in total. The van der Waals surface area contributed by atoms with Crippen molar-refractivity contribution in [2.75, 3.05) is 0 Å². The number of alkyl halides is 6. The van der Waals surface area contributed by atoms with Gasteiger partial charge in [0.1, 0.15) is 5.69 Å². The molecule has 8 heteroatoms. The van der Waals surface area contributed by atoms with Gasteiger partial charge in [0.15, 0.2) is 0 Å². The second-order valence-electron chi connectivity index (χ2n) is 6.12. The SMILES string of the molecule is CC[C@H](C)C(N)Cc1cc(C(F)(F)F)nc2c(C(F)(F)F)cccc12. The number of halogens is 6. The number of benzene rings is 1. The Labute approximate surface area is 141 Å². The van der Waals surface area contributed by atoms with Crippen molar-refractivity contribution in [3.8, 4) is 0 Å². The highest BCUT2D eigenvalue weighted by Crippen LogP contribution is 2.38. The number of aromatic nitrogens is 1. The fraction of sp³-hybridized carbons (Fsp3) is 0.471. The molecule has 1 unspecified atom stereocenters. The molecule has 1 heterocycles. The molecule has 2 nitrogen and oxygen atoms in total. The highest BCUT2D eigenvalue weighted by Gasteiger charge is 2.37. The molecule has 0 saturated heterocycles. The third kappa shape index (κ3) is 4.23. The van der Waals surface area contributed by atoms with Crippen molar-refractivity contribution in [1.29, 1.82) is 0 Å². The Morgan fingerprint density at radius 1 is 1.08 bits per heavy atom. The Kier molecular flexibility index (Phi) is 5.32. The van der Waals surface area contributed by atoms with E-state index in [0.29, 0.717) is 6.42 Å². The van der Waals surface area contributed by atoms with Crippen LogP contribution in [0.25, 0.3) is 10.9 Å². The van der Waals surface area contributed by atoms with Gasteiger partial charge in [-0.3, -0.25) is 0 Å². The van der Waals surface area contributed by atoms with Gasteiger partial charge in [-0.1, -0.05) is 32.4 Å². The van der Waals surface area contributed by atoms with Crippen LogP contribution < -0.4 is 5.73 Å². The van der Waals surface area contributed by atoms with Crippen LogP contribution in [0.5, 0.6) is 0 Å². The van der Waals surface area contributed by atoms with Crippen LogP contribution >= 0.6 is 0 Å². The summed E-state index contributed by atoms with van der Waals surface area (Å²) >= 11 is 0. The first kappa shape index (κ1) is 19.5. The lowest BCUT2D eigenvalue weighted by Gasteiger charge is -2.21. The van der Waals surface area contributed by atoms with Crippen molar-refractivity contribution in [2.24, 2.45) is 11.7 Å². The number of hydrogen-bond acceptors (Lipinski definition) is 2. The molecular weight excluding hydrogens is 346 g/mol. The molecule has 1 aromatic carbocycles. The number of rotatable bonds is 4. The van der Waals surface area contributed by atoms with E-state index in [0.717, 1.165) is 12.1 Å². The van der Waals surface area contributed by atoms with Crippen LogP contribution in [0.4, 0.5) is 26.3 Å². The van der Waals surface area contributed by atoms with Crippen molar-refractivity contribution in [2.45, 2.75) is 45.1 Å². The predicted molar refractivity (Wildman–Crippen MR) is 82.9 cm³/mol. The topological polar surface area (TPSA) is 38.9 Å². The number of para-hydroxylation sites is 1. The maximum Gasteiger partial charge on any atom is 0.433 e. The van der Waals surface area contributed by atoms with E-state index in [1.165, 1.54) is 12.1 Å². The Bertz CT molecular complexity index is 751. The van der Waals surface area contributed by atoms with Crippen LogP contribution in [0, 0.1) is 5.92 Å². The van der Waals surface area contributed by atoms with Crippen molar-refractivity contribution in [1.82, 2.24) is 4.98 Å². The Hall–Kier alpha value is -1.83. The minimum absolute atomic E-state index is 0.0170. The summed E-state index contributed by atoms with van der Waals surface area (Å²) in [5, 5.41) is 0.0431. The summed E-state index contributed by atoms with van der Waals surface area (Å²) < 4.78 is 78.9. The van der Waals surface area contributed by atoms with Gasteiger partial charge in [-0.15, -0.1) is 0 Å². The van der Waals surface area contributed by atoms with Crippen LogP contribution in [-0.4, -0.2) is 11.0 Å². The van der Waals surface area contributed by atoms with E-state index in [-0.39, 0.29) is 23.3 Å². The molecule has 0 aliphatic carbocycles. The van der Waals surface area contributed by atoms with E-state index in [1.54, 1.807) is 0 Å². The fourth-order valence-electron chi connectivity index (χ4n) is 2.62. The molecule has 0 aliphatic heterocycles. The fourth-order valence-corrected chi connectivity index (χ4v) is 2.62. The summed E-state index contributed by atoms with van der Waals surface area (Å²) in [5.74, 6) is 0.0170. The lowest BCUT2D eigenvalue weighted by Crippen LogP contribution is -2.30. The van der Waals surface area contributed by atoms with Gasteiger partial charge in [-0.25, -0.2) is 4.98 Å². The highest BCUT2D eigenvalue weighted by molar-refractivity contribution is 5.86. The van der Waals surface area contributed by atoms with Gasteiger partial charge >= 0.3 is 12.4 Å². The molecule has 138 valence electrons. The Morgan fingerprint density at radius 2 is 1.72 bits per heavy atom. The molecule has 0 aliphatic rings. The molecule has 0 spiro atoms. The van der Waals surface area contributed by atoms with Crippen molar-refractivity contribution < 1.29 is 26.3 Å². The first-order valence-corrected chi connectivity index (χ1v) is 7.77. The van der Waals surface area contributed by atoms with Crippen molar-refractivity contribution in [3.05, 3.63) is 41.1 Å². The first-order chi connectivity index (χ1) is 11.4. The maximum atomic E-state index is 13.2. The second kappa shape index (κ2) is 6.82. The molecule has 1 aromatic heterocycles. The zero-order valence-corrected chi connectivity index (χ0v) is 13.7. The number of nitrogens with two attached hydrogens (primary N) is 1. The van der Waals surface area contributed by atoms with E-state index in [9.17, 15) is 26.3 Å².